The van der Waals surface area contributed by atoms with Crippen LogP contribution >= 0.6 is 23.5 Å². The molecule has 0 aliphatic heterocycles. The van der Waals surface area contributed by atoms with Crippen LogP contribution in [0.3, 0.4) is 0 Å². The van der Waals surface area contributed by atoms with E-state index in [9.17, 15) is 9.18 Å². The van der Waals surface area contributed by atoms with Crippen molar-refractivity contribution in [2.24, 2.45) is 0 Å². The molecule has 0 fully saturated rings. The zero-order chi connectivity index (χ0) is 17.4. The van der Waals surface area contributed by atoms with Crippen LogP contribution in [0.15, 0.2) is 40.6 Å². The molecule has 1 amide bonds. The van der Waals surface area contributed by atoms with Gasteiger partial charge in [0.15, 0.2) is 5.16 Å². The summed E-state index contributed by atoms with van der Waals surface area (Å²) in [6, 6.07) is 6.71. The van der Waals surface area contributed by atoms with Crippen LogP contribution < -0.4 is 5.32 Å². The van der Waals surface area contributed by atoms with E-state index >= 15 is 0 Å². The number of aromatic nitrogens is 3. The van der Waals surface area contributed by atoms with Crippen LogP contribution in [-0.4, -0.2) is 38.7 Å². The molecule has 1 aromatic heterocycles. The van der Waals surface area contributed by atoms with E-state index in [0.717, 1.165) is 22.2 Å². The summed E-state index contributed by atoms with van der Waals surface area (Å²) in [5, 5.41) is 11.6. The average Bonchev–Trinajstić information content (AvgIpc) is 3.03. The molecule has 130 valence electrons. The summed E-state index contributed by atoms with van der Waals surface area (Å²) >= 11 is 3.04. The van der Waals surface area contributed by atoms with E-state index in [2.05, 4.69) is 15.5 Å². The minimum Gasteiger partial charge on any atom is -0.355 e. The molecule has 0 atom stereocenters. The summed E-state index contributed by atoms with van der Waals surface area (Å²) in [5.41, 5.74) is 0. The summed E-state index contributed by atoms with van der Waals surface area (Å²) in [6.45, 7) is 4.73. The molecule has 0 unspecified atom stereocenters. The summed E-state index contributed by atoms with van der Waals surface area (Å²) in [5.74, 6) is 0.972. The molecule has 1 heterocycles. The fourth-order valence-electron chi connectivity index (χ4n) is 1.89. The number of carbonyl (C=O) groups excluding carboxylic acids is 1. The van der Waals surface area contributed by atoms with E-state index in [1.165, 1.54) is 23.9 Å². The van der Waals surface area contributed by atoms with Crippen LogP contribution in [-0.2, 0) is 4.79 Å². The molecule has 24 heavy (non-hydrogen) atoms. The highest BCUT2D eigenvalue weighted by Gasteiger charge is 2.10. The quantitative estimate of drug-likeness (QED) is 0.543. The van der Waals surface area contributed by atoms with Gasteiger partial charge in [-0.25, -0.2) is 4.39 Å². The molecule has 0 aliphatic rings. The highest BCUT2D eigenvalue weighted by molar-refractivity contribution is 7.99. The SMILES string of the molecule is CC(C)n1cnnc1SCC(=O)NCCCSc1ccc(F)cc1. The topological polar surface area (TPSA) is 59.8 Å². The molecule has 2 aromatic rings. The number of amides is 1. The average molecular weight is 369 g/mol. The molecule has 1 N–H and O–H groups in total. The van der Waals surface area contributed by atoms with Gasteiger partial charge >= 0.3 is 0 Å². The molecule has 0 spiro atoms. The van der Waals surface area contributed by atoms with Gasteiger partial charge in [0, 0.05) is 17.5 Å². The fourth-order valence-corrected chi connectivity index (χ4v) is 3.62. The van der Waals surface area contributed by atoms with Gasteiger partial charge in [0.2, 0.25) is 5.91 Å². The largest absolute Gasteiger partial charge is 0.355 e. The maximum Gasteiger partial charge on any atom is 0.230 e. The van der Waals surface area contributed by atoms with Crippen molar-refractivity contribution in [1.82, 2.24) is 20.1 Å². The first-order valence-corrected chi connectivity index (χ1v) is 9.70. The van der Waals surface area contributed by atoms with Crippen LogP contribution in [0.1, 0.15) is 26.3 Å². The van der Waals surface area contributed by atoms with Gasteiger partial charge in [0.1, 0.15) is 12.1 Å². The second kappa shape index (κ2) is 9.68. The third-order valence-corrected chi connectivity index (χ3v) is 5.21. The molecule has 0 saturated heterocycles. The highest BCUT2D eigenvalue weighted by atomic mass is 32.2. The fraction of sp³-hybridized carbons (Fsp3) is 0.438. The number of rotatable bonds is 9. The Kier molecular flexibility index (Phi) is 7.58. The summed E-state index contributed by atoms with van der Waals surface area (Å²) < 4.78 is 14.7. The molecule has 0 aliphatic carbocycles. The number of nitrogens with one attached hydrogen (secondary N) is 1. The van der Waals surface area contributed by atoms with E-state index in [0.29, 0.717) is 12.3 Å². The summed E-state index contributed by atoms with van der Waals surface area (Å²) in [7, 11) is 0. The van der Waals surface area contributed by atoms with E-state index in [4.69, 9.17) is 0 Å². The van der Waals surface area contributed by atoms with Crippen molar-refractivity contribution in [2.45, 2.75) is 36.4 Å². The Morgan fingerprint density at radius 3 is 2.75 bits per heavy atom. The smallest absolute Gasteiger partial charge is 0.230 e. The zero-order valence-electron chi connectivity index (χ0n) is 13.7. The molecule has 5 nitrogen and oxygen atoms in total. The van der Waals surface area contributed by atoms with Gasteiger partial charge in [-0.2, -0.15) is 0 Å². The summed E-state index contributed by atoms with van der Waals surface area (Å²) in [6.07, 6.45) is 2.54. The van der Waals surface area contributed by atoms with Crippen molar-refractivity contribution >= 4 is 29.4 Å². The van der Waals surface area contributed by atoms with Crippen LogP contribution in [0.4, 0.5) is 4.39 Å². The first-order valence-electron chi connectivity index (χ1n) is 7.73. The van der Waals surface area contributed by atoms with Crippen LogP contribution in [0.25, 0.3) is 0 Å². The van der Waals surface area contributed by atoms with Crippen molar-refractivity contribution in [3.8, 4) is 0 Å². The molecule has 2 rings (SSSR count). The standard InChI is InChI=1S/C16H21FN4OS2/c1-12(2)21-11-19-20-16(21)24-10-15(22)18-8-3-9-23-14-6-4-13(17)5-7-14/h4-7,11-12H,3,8-10H2,1-2H3,(H,18,22). The van der Waals surface area contributed by atoms with Crippen molar-refractivity contribution in [1.29, 1.82) is 0 Å². The Morgan fingerprint density at radius 1 is 1.29 bits per heavy atom. The van der Waals surface area contributed by atoms with Crippen LogP contribution in [0, 0.1) is 5.82 Å². The maximum atomic E-state index is 12.8. The van der Waals surface area contributed by atoms with Gasteiger partial charge in [-0.15, -0.1) is 22.0 Å². The lowest BCUT2D eigenvalue weighted by molar-refractivity contribution is -0.118. The van der Waals surface area contributed by atoms with E-state index < -0.39 is 0 Å². The minimum absolute atomic E-state index is 0.00918. The molecule has 0 saturated carbocycles. The number of hydrogen-bond donors (Lipinski definition) is 1. The van der Waals surface area contributed by atoms with Gasteiger partial charge in [-0.1, -0.05) is 11.8 Å². The number of hydrogen-bond acceptors (Lipinski definition) is 5. The molecule has 1 aromatic carbocycles. The molecular formula is C16H21FN4OS2. The Morgan fingerprint density at radius 2 is 2.04 bits per heavy atom. The third-order valence-electron chi connectivity index (χ3n) is 3.15. The monoisotopic (exact) mass is 368 g/mol. The van der Waals surface area contributed by atoms with Crippen LogP contribution in [0.5, 0.6) is 0 Å². The van der Waals surface area contributed by atoms with Gasteiger partial charge < -0.3 is 9.88 Å². The van der Waals surface area contributed by atoms with Crippen molar-refractivity contribution in [3.05, 3.63) is 36.4 Å². The zero-order valence-corrected chi connectivity index (χ0v) is 15.4. The van der Waals surface area contributed by atoms with Gasteiger partial charge in [0.25, 0.3) is 0 Å². The lowest BCUT2D eigenvalue weighted by Gasteiger charge is -2.09. The maximum absolute atomic E-state index is 12.8. The Balaban J connectivity index is 1.59. The predicted octanol–water partition coefficient (Wildman–Crippen LogP) is 3.39. The van der Waals surface area contributed by atoms with Crippen molar-refractivity contribution < 1.29 is 9.18 Å². The second-order valence-corrected chi connectivity index (χ2v) is 7.52. The van der Waals surface area contributed by atoms with Crippen molar-refractivity contribution in [2.75, 3.05) is 18.1 Å². The van der Waals surface area contributed by atoms with Gasteiger partial charge in [-0.3, -0.25) is 4.79 Å². The normalized spacial score (nSPS) is 11.0. The molecular weight excluding hydrogens is 347 g/mol. The number of benzene rings is 1. The van der Waals surface area contributed by atoms with Gasteiger partial charge in [-0.05, 0) is 50.3 Å². The summed E-state index contributed by atoms with van der Waals surface area (Å²) in [4.78, 5) is 12.9. The van der Waals surface area contributed by atoms with Gasteiger partial charge in [0.05, 0.1) is 5.75 Å². The lowest BCUT2D eigenvalue weighted by atomic mass is 10.4. The second-order valence-electron chi connectivity index (χ2n) is 5.41. The Bertz CT molecular complexity index is 646. The number of thioether (sulfide) groups is 2. The molecule has 0 radical (unpaired) electrons. The number of carbonyl (C=O) groups is 1. The van der Waals surface area contributed by atoms with Crippen molar-refractivity contribution in [3.63, 3.8) is 0 Å². The minimum atomic E-state index is -0.225. The molecule has 0 bridgehead atoms. The Hall–Kier alpha value is -1.54. The first kappa shape index (κ1) is 18.8. The van der Waals surface area contributed by atoms with E-state index in [-0.39, 0.29) is 17.8 Å². The predicted molar refractivity (Wildman–Crippen MR) is 95.9 cm³/mol. The number of nitrogens with zero attached hydrogens (tertiary/aromatic N) is 3. The molecule has 8 heteroatoms. The lowest BCUT2D eigenvalue weighted by Crippen LogP contribution is -2.26. The first-order chi connectivity index (χ1) is 11.6. The van der Waals surface area contributed by atoms with Crippen LogP contribution in [0.2, 0.25) is 0 Å². The van der Waals surface area contributed by atoms with E-state index in [1.54, 1.807) is 30.2 Å². The third kappa shape index (κ3) is 6.16. The number of halogens is 1. The Labute approximate surface area is 149 Å². The highest BCUT2D eigenvalue weighted by Crippen LogP contribution is 2.19. The van der Waals surface area contributed by atoms with E-state index in [1.807, 2.05) is 18.4 Å².